The highest BCUT2D eigenvalue weighted by Crippen LogP contribution is 2.20. The van der Waals surface area contributed by atoms with Gasteiger partial charge >= 0.3 is 5.97 Å². The summed E-state index contributed by atoms with van der Waals surface area (Å²) < 4.78 is 9.95. The van der Waals surface area contributed by atoms with E-state index in [1.165, 1.54) is 13.4 Å². The van der Waals surface area contributed by atoms with Gasteiger partial charge in [-0.05, 0) is 13.3 Å². The minimum atomic E-state index is -0.377. The first-order valence-electron chi connectivity index (χ1n) is 6.16. The highest BCUT2D eigenvalue weighted by atomic mass is 16.5. The number of nitrogens with one attached hydrogen (secondary N) is 1. The van der Waals surface area contributed by atoms with E-state index in [-0.39, 0.29) is 23.8 Å². The fourth-order valence-corrected chi connectivity index (χ4v) is 1.68. The Labute approximate surface area is 111 Å². The van der Waals surface area contributed by atoms with Crippen LogP contribution in [0.4, 0.5) is 5.82 Å². The van der Waals surface area contributed by atoms with Crippen LogP contribution in [0.15, 0.2) is 11.1 Å². The van der Waals surface area contributed by atoms with Crippen molar-refractivity contribution in [2.24, 2.45) is 0 Å². The van der Waals surface area contributed by atoms with Crippen molar-refractivity contribution in [3.8, 4) is 5.75 Å². The van der Waals surface area contributed by atoms with Gasteiger partial charge in [0, 0.05) is 6.54 Å². The summed E-state index contributed by atoms with van der Waals surface area (Å²) in [6, 6.07) is 0. The van der Waals surface area contributed by atoms with Crippen molar-refractivity contribution in [1.82, 2.24) is 9.97 Å². The molecule has 1 aromatic rings. The molecule has 7 nitrogen and oxygen atoms in total. The third-order valence-electron chi connectivity index (χ3n) is 2.41. The van der Waals surface area contributed by atoms with Gasteiger partial charge in [0.15, 0.2) is 5.82 Å². The van der Waals surface area contributed by atoms with Crippen LogP contribution in [0.5, 0.6) is 5.75 Å². The molecule has 7 heteroatoms. The number of nitrogens with zero attached hydrogens (tertiary/aromatic N) is 2. The van der Waals surface area contributed by atoms with Gasteiger partial charge in [0.1, 0.15) is 6.54 Å². The molecule has 19 heavy (non-hydrogen) atoms. The first-order valence-corrected chi connectivity index (χ1v) is 6.16. The Bertz CT molecular complexity index is 472. The zero-order chi connectivity index (χ0) is 14.3. The third-order valence-corrected chi connectivity index (χ3v) is 2.41. The Morgan fingerprint density at radius 1 is 1.47 bits per heavy atom. The molecule has 0 radical (unpaired) electrons. The summed E-state index contributed by atoms with van der Waals surface area (Å²) in [7, 11) is 1.39. The fourth-order valence-electron chi connectivity index (χ4n) is 1.68. The van der Waals surface area contributed by atoms with E-state index in [2.05, 4.69) is 9.97 Å². The maximum Gasteiger partial charge on any atom is 0.325 e. The van der Waals surface area contributed by atoms with Crippen LogP contribution < -0.4 is 15.2 Å². The minimum Gasteiger partial charge on any atom is -0.489 e. The molecule has 106 valence electrons. The Balaban J connectivity index is 3.01. The molecule has 0 amide bonds. The SMILES string of the molecule is CCCN(CC(=O)OCC)c1nc[nH]c(=O)c1OC. The number of esters is 1. The van der Waals surface area contributed by atoms with Crippen LogP contribution in [0.25, 0.3) is 0 Å². The number of hydrogen-bond donors (Lipinski definition) is 1. The van der Waals surface area contributed by atoms with Gasteiger partial charge in [0.05, 0.1) is 20.0 Å². The van der Waals surface area contributed by atoms with Crippen molar-refractivity contribution in [1.29, 1.82) is 0 Å². The molecule has 0 aromatic carbocycles. The van der Waals surface area contributed by atoms with Crippen molar-refractivity contribution < 1.29 is 14.3 Å². The topological polar surface area (TPSA) is 84.5 Å². The van der Waals surface area contributed by atoms with Gasteiger partial charge in [0.25, 0.3) is 5.56 Å². The van der Waals surface area contributed by atoms with E-state index in [0.29, 0.717) is 19.0 Å². The summed E-state index contributed by atoms with van der Waals surface area (Å²) >= 11 is 0. The number of hydrogen-bond acceptors (Lipinski definition) is 6. The first kappa shape index (κ1) is 15.0. The second-order valence-electron chi connectivity index (χ2n) is 3.82. The summed E-state index contributed by atoms with van der Waals surface area (Å²) in [5, 5.41) is 0. The molecule has 0 aliphatic rings. The number of carbonyl (C=O) groups is 1. The Morgan fingerprint density at radius 2 is 2.21 bits per heavy atom. The fraction of sp³-hybridized carbons (Fsp3) is 0.583. The number of H-pyrrole nitrogens is 1. The zero-order valence-corrected chi connectivity index (χ0v) is 11.4. The van der Waals surface area contributed by atoms with Gasteiger partial charge in [-0.1, -0.05) is 6.92 Å². The molecule has 1 aromatic heterocycles. The minimum absolute atomic E-state index is 0.0362. The standard InChI is InChI=1S/C12H19N3O4/c1-4-6-15(7-9(16)19-5-2)11-10(18-3)12(17)14-8-13-11/h8H,4-7H2,1-3H3,(H,13,14,17). The average molecular weight is 269 g/mol. The summed E-state index contributed by atoms with van der Waals surface area (Å²) in [6.07, 6.45) is 2.09. The van der Waals surface area contributed by atoms with Gasteiger partial charge in [-0.3, -0.25) is 9.59 Å². The number of anilines is 1. The molecule has 1 heterocycles. The van der Waals surface area contributed by atoms with E-state index < -0.39 is 0 Å². The lowest BCUT2D eigenvalue weighted by Gasteiger charge is -2.22. The molecular formula is C12H19N3O4. The molecule has 0 saturated carbocycles. The smallest absolute Gasteiger partial charge is 0.325 e. The maximum absolute atomic E-state index is 11.6. The summed E-state index contributed by atoms with van der Waals surface area (Å²) in [6.45, 7) is 4.64. The average Bonchev–Trinajstić information content (AvgIpc) is 2.38. The van der Waals surface area contributed by atoms with Crippen LogP contribution in [0.3, 0.4) is 0 Å². The molecular weight excluding hydrogens is 250 g/mol. The highest BCUT2D eigenvalue weighted by molar-refractivity contribution is 5.76. The number of ether oxygens (including phenoxy) is 2. The van der Waals surface area contributed by atoms with E-state index in [1.54, 1.807) is 11.8 Å². The summed E-state index contributed by atoms with van der Waals surface area (Å²) in [5.74, 6) is 0.0847. The molecule has 0 aliphatic carbocycles. The van der Waals surface area contributed by atoms with Crippen molar-refractivity contribution in [2.75, 3.05) is 31.7 Å². The predicted molar refractivity (Wildman–Crippen MR) is 70.5 cm³/mol. The Morgan fingerprint density at radius 3 is 2.79 bits per heavy atom. The van der Waals surface area contributed by atoms with Crippen LogP contribution in [0.2, 0.25) is 0 Å². The lowest BCUT2D eigenvalue weighted by atomic mass is 10.3. The van der Waals surface area contributed by atoms with E-state index >= 15 is 0 Å². The third kappa shape index (κ3) is 3.97. The van der Waals surface area contributed by atoms with E-state index in [4.69, 9.17) is 9.47 Å². The van der Waals surface area contributed by atoms with Crippen LogP contribution in [-0.4, -0.2) is 42.7 Å². The quantitative estimate of drug-likeness (QED) is 0.728. The van der Waals surface area contributed by atoms with Gasteiger partial charge in [-0.15, -0.1) is 0 Å². The lowest BCUT2D eigenvalue weighted by Crippen LogP contribution is -2.33. The van der Waals surface area contributed by atoms with Gasteiger partial charge in [0.2, 0.25) is 5.75 Å². The van der Waals surface area contributed by atoms with E-state index in [1.807, 2.05) is 6.92 Å². The lowest BCUT2D eigenvalue weighted by molar-refractivity contribution is -0.141. The molecule has 0 aliphatic heterocycles. The summed E-state index contributed by atoms with van der Waals surface area (Å²) in [4.78, 5) is 31.4. The number of aromatic amines is 1. The summed E-state index contributed by atoms with van der Waals surface area (Å²) in [5.41, 5.74) is -0.377. The van der Waals surface area contributed by atoms with Gasteiger partial charge < -0.3 is 19.4 Å². The predicted octanol–water partition coefficient (Wildman–Crippen LogP) is 0.558. The monoisotopic (exact) mass is 269 g/mol. The highest BCUT2D eigenvalue weighted by Gasteiger charge is 2.19. The Kier molecular flexibility index (Phi) is 5.84. The molecule has 0 bridgehead atoms. The van der Waals surface area contributed by atoms with Crippen LogP contribution in [-0.2, 0) is 9.53 Å². The van der Waals surface area contributed by atoms with Crippen LogP contribution in [0.1, 0.15) is 20.3 Å². The van der Waals surface area contributed by atoms with Crippen molar-refractivity contribution in [3.63, 3.8) is 0 Å². The van der Waals surface area contributed by atoms with Crippen molar-refractivity contribution in [3.05, 3.63) is 16.7 Å². The van der Waals surface area contributed by atoms with Gasteiger partial charge in [-0.2, -0.15) is 0 Å². The Hall–Kier alpha value is -2.05. The molecule has 0 saturated heterocycles. The number of methoxy groups -OCH3 is 1. The normalized spacial score (nSPS) is 10.1. The number of carbonyl (C=O) groups excluding carboxylic acids is 1. The molecule has 0 atom stereocenters. The maximum atomic E-state index is 11.6. The molecule has 0 unspecified atom stereocenters. The molecule has 1 N–H and O–H groups in total. The largest absolute Gasteiger partial charge is 0.489 e. The van der Waals surface area contributed by atoms with Gasteiger partial charge in [-0.25, -0.2) is 4.98 Å². The second-order valence-corrected chi connectivity index (χ2v) is 3.82. The number of aromatic nitrogens is 2. The number of rotatable bonds is 7. The molecule has 0 fully saturated rings. The second kappa shape index (κ2) is 7.40. The van der Waals surface area contributed by atoms with E-state index in [9.17, 15) is 9.59 Å². The zero-order valence-electron chi connectivity index (χ0n) is 11.4. The molecule has 0 spiro atoms. The first-order chi connectivity index (χ1) is 9.13. The van der Waals surface area contributed by atoms with E-state index in [0.717, 1.165) is 6.42 Å². The van der Waals surface area contributed by atoms with Crippen LogP contribution in [0, 0.1) is 0 Å². The van der Waals surface area contributed by atoms with Crippen molar-refractivity contribution in [2.45, 2.75) is 20.3 Å². The van der Waals surface area contributed by atoms with Crippen molar-refractivity contribution >= 4 is 11.8 Å². The molecule has 1 rings (SSSR count). The van der Waals surface area contributed by atoms with Crippen LogP contribution >= 0.6 is 0 Å².